The van der Waals surface area contributed by atoms with Gasteiger partial charge in [0.25, 0.3) is 0 Å². The van der Waals surface area contributed by atoms with Gasteiger partial charge in [0.2, 0.25) is 5.91 Å². The van der Waals surface area contributed by atoms with Crippen molar-refractivity contribution in [1.82, 2.24) is 10.3 Å². The molecule has 0 unspecified atom stereocenters. The Kier molecular flexibility index (Phi) is 4.50. The molecular formula is C16H15BrN2O3S. The molecule has 0 atom stereocenters. The fourth-order valence-corrected chi connectivity index (χ4v) is 3.73. The number of hydrogen-bond donors (Lipinski definition) is 2. The normalized spacial score (nSPS) is 15.7. The number of carboxylic acid groups (broad SMARTS) is 1. The number of nitrogens with one attached hydrogen (secondary N) is 1. The Morgan fingerprint density at radius 2 is 2.00 bits per heavy atom. The molecule has 1 aliphatic rings. The molecule has 0 spiro atoms. The van der Waals surface area contributed by atoms with Crippen molar-refractivity contribution in [2.45, 2.75) is 31.2 Å². The van der Waals surface area contributed by atoms with E-state index in [1.807, 2.05) is 24.3 Å². The Bertz CT molecular complexity index is 738. The summed E-state index contributed by atoms with van der Waals surface area (Å²) >= 11 is 4.65. The van der Waals surface area contributed by atoms with Crippen LogP contribution in [0.1, 0.15) is 40.3 Å². The van der Waals surface area contributed by atoms with Crippen molar-refractivity contribution in [2.24, 2.45) is 0 Å². The van der Waals surface area contributed by atoms with E-state index in [0.29, 0.717) is 5.01 Å². The highest BCUT2D eigenvalue weighted by Gasteiger charge is 2.45. The second-order valence-corrected chi connectivity index (χ2v) is 7.42. The van der Waals surface area contributed by atoms with Gasteiger partial charge in [0.15, 0.2) is 5.69 Å². The van der Waals surface area contributed by atoms with Gasteiger partial charge in [-0.05, 0) is 30.5 Å². The van der Waals surface area contributed by atoms with E-state index in [-0.39, 0.29) is 18.1 Å². The standard InChI is InChI=1S/C16H15BrN2O3S/c17-11-4-2-10(3-5-11)16(6-1-7-16)15(22)18-8-13-19-12(9-23-13)14(20)21/h2-5,9H,1,6-8H2,(H,18,22)(H,20,21). The van der Waals surface area contributed by atoms with E-state index in [4.69, 9.17) is 5.11 Å². The van der Waals surface area contributed by atoms with E-state index in [2.05, 4.69) is 26.2 Å². The monoisotopic (exact) mass is 394 g/mol. The van der Waals surface area contributed by atoms with Crippen molar-refractivity contribution in [3.63, 3.8) is 0 Å². The molecule has 1 aliphatic carbocycles. The number of hydrogen-bond acceptors (Lipinski definition) is 4. The highest BCUT2D eigenvalue weighted by Crippen LogP contribution is 2.44. The summed E-state index contributed by atoms with van der Waals surface area (Å²) in [6.45, 7) is 0.259. The quantitative estimate of drug-likeness (QED) is 0.814. The summed E-state index contributed by atoms with van der Waals surface area (Å²) in [5.41, 5.74) is 0.577. The maximum absolute atomic E-state index is 12.7. The maximum atomic E-state index is 12.7. The Hall–Kier alpha value is -1.73. The number of rotatable bonds is 5. The summed E-state index contributed by atoms with van der Waals surface area (Å²) in [5.74, 6) is -1.07. The molecule has 7 heteroatoms. The molecule has 3 rings (SSSR count). The summed E-state index contributed by atoms with van der Waals surface area (Å²) in [6.07, 6.45) is 2.70. The van der Waals surface area contributed by atoms with E-state index >= 15 is 0 Å². The number of carbonyl (C=O) groups is 2. The first kappa shape index (κ1) is 16.1. The third-order valence-electron chi connectivity index (χ3n) is 4.21. The molecule has 1 aromatic heterocycles. The third-order valence-corrected chi connectivity index (χ3v) is 5.59. The topological polar surface area (TPSA) is 79.3 Å². The third kappa shape index (κ3) is 3.16. The molecule has 1 aromatic carbocycles. The summed E-state index contributed by atoms with van der Waals surface area (Å²) < 4.78 is 0.986. The number of carbonyl (C=O) groups excluding carboxylic acids is 1. The van der Waals surface area contributed by atoms with Crippen molar-refractivity contribution < 1.29 is 14.7 Å². The van der Waals surface area contributed by atoms with Crippen LogP contribution in [0.2, 0.25) is 0 Å². The lowest BCUT2D eigenvalue weighted by Gasteiger charge is -2.40. The molecule has 1 saturated carbocycles. The van der Waals surface area contributed by atoms with Crippen LogP contribution >= 0.6 is 27.3 Å². The van der Waals surface area contributed by atoms with E-state index in [1.165, 1.54) is 16.7 Å². The van der Waals surface area contributed by atoms with Crippen LogP contribution in [-0.4, -0.2) is 22.0 Å². The Labute approximate surface area is 145 Å². The first-order valence-corrected chi connectivity index (χ1v) is 8.90. The number of aromatic carboxylic acids is 1. The second-order valence-electron chi connectivity index (χ2n) is 5.56. The van der Waals surface area contributed by atoms with Gasteiger partial charge in [-0.1, -0.05) is 34.5 Å². The number of nitrogens with zero attached hydrogens (tertiary/aromatic N) is 1. The zero-order valence-electron chi connectivity index (χ0n) is 12.2. The van der Waals surface area contributed by atoms with Gasteiger partial charge in [-0.15, -0.1) is 11.3 Å². The Balaban J connectivity index is 1.70. The molecule has 2 aromatic rings. The second kappa shape index (κ2) is 6.41. The van der Waals surface area contributed by atoms with Gasteiger partial charge in [-0.25, -0.2) is 9.78 Å². The van der Waals surface area contributed by atoms with Gasteiger partial charge < -0.3 is 10.4 Å². The summed E-state index contributed by atoms with van der Waals surface area (Å²) in [7, 11) is 0. The van der Waals surface area contributed by atoms with E-state index in [1.54, 1.807) is 0 Å². The summed E-state index contributed by atoms with van der Waals surface area (Å²) in [6, 6.07) is 7.86. The number of aromatic nitrogens is 1. The largest absolute Gasteiger partial charge is 0.476 e. The number of thiazole rings is 1. The van der Waals surface area contributed by atoms with Crippen molar-refractivity contribution in [1.29, 1.82) is 0 Å². The van der Waals surface area contributed by atoms with Crippen LogP contribution in [0.3, 0.4) is 0 Å². The van der Waals surface area contributed by atoms with Gasteiger partial charge in [-0.3, -0.25) is 4.79 Å². The zero-order valence-corrected chi connectivity index (χ0v) is 14.6. The van der Waals surface area contributed by atoms with Crippen LogP contribution in [0.25, 0.3) is 0 Å². The molecule has 0 aliphatic heterocycles. The van der Waals surface area contributed by atoms with Crippen LogP contribution < -0.4 is 5.32 Å². The SMILES string of the molecule is O=C(O)c1csc(CNC(=O)C2(c3ccc(Br)cc3)CCC2)n1. The molecule has 0 radical (unpaired) electrons. The fraction of sp³-hybridized carbons (Fsp3) is 0.312. The molecule has 2 N–H and O–H groups in total. The molecule has 1 amide bonds. The minimum Gasteiger partial charge on any atom is -0.476 e. The molecule has 0 bridgehead atoms. The first-order chi connectivity index (χ1) is 11.0. The molecule has 0 saturated heterocycles. The lowest BCUT2D eigenvalue weighted by atomic mass is 9.64. The molecule has 120 valence electrons. The summed E-state index contributed by atoms with van der Waals surface area (Å²) in [4.78, 5) is 27.5. The van der Waals surface area contributed by atoms with Crippen LogP contribution in [0.5, 0.6) is 0 Å². The predicted molar refractivity (Wildman–Crippen MR) is 90.6 cm³/mol. The van der Waals surface area contributed by atoms with Gasteiger partial charge in [-0.2, -0.15) is 0 Å². The average Bonchev–Trinajstić information content (AvgIpc) is 2.95. The Morgan fingerprint density at radius 3 is 2.52 bits per heavy atom. The first-order valence-electron chi connectivity index (χ1n) is 7.23. The van der Waals surface area contributed by atoms with Crippen molar-refractivity contribution >= 4 is 39.1 Å². The van der Waals surface area contributed by atoms with E-state index in [0.717, 1.165) is 29.3 Å². The predicted octanol–water partition coefficient (Wildman–Crippen LogP) is 3.34. The highest BCUT2D eigenvalue weighted by molar-refractivity contribution is 9.10. The van der Waals surface area contributed by atoms with Crippen LogP contribution in [0.15, 0.2) is 34.1 Å². The van der Waals surface area contributed by atoms with Gasteiger partial charge in [0.05, 0.1) is 12.0 Å². The number of amides is 1. The molecular weight excluding hydrogens is 380 g/mol. The Morgan fingerprint density at radius 1 is 1.30 bits per heavy atom. The number of benzene rings is 1. The maximum Gasteiger partial charge on any atom is 0.355 e. The fourth-order valence-electron chi connectivity index (χ4n) is 2.76. The van der Waals surface area contributed by atoms with Gasteiger partial charge in [0.1, 0.15) is 5.01 Å². The van der Waals surface area contributed by atoms with Crippen LogP contribution in [0.4, 0.5) is 0 Å². The average molecular weight is 395 g/mol. The molecule has 5 nitrogen and oxygen atoms in total. The molecule has 1 heterocycles. The van der Waals surface area contributed by atoms with Gasteiger partial charge >= 0.3 is 5.97 Å². The van der Waals surface area contributed by atoms with Gasteiger partial charge in [0, 0.05) is 9.85 Å². The lowest BCUT2D eigenvalue weighted by Crippen LogP contribution is -2.48. The molecule has 23 heavy (non-hydrogen) atoms. The van der Waals surface area contributed by atoms with Crippen molar-refractivity contribution in [3.05, 3.63) is 50.4 Å². The van der Waals surface area contributed by atoms with Crippen molar-refractivity contribution in [3.8, 4) is 0 Å². The zero-order chi connectivity index (χ0) is 16.4. The van der Waals surface area contributed by atoms with Crippen molar-refractivity contribution in [2.75, 3.05) is 0 Å². The summed E-state index contributed by atoms with van der Waals surface area (Å²) in [5, 5.41) is 13.9. The lowest BCUT2D eigenvalue weighted by molar-refractivity contribution is -0.130. The van der Waals surface area contributed by atoms with Crippen LogP contribution in [0, 0.1) is 0 Å². The number of halogens is 1. The minimum atomic E-state index is -1.05. The number of carboxylic acids is 1. The van der Waals surface area contributed by atoms with E-state index < -0.39 is 11.4 Å². The van der Waals surface area contributed by atoms with Crippen LogP contribution in [-0.2, 0) is 16.8 Å². The minimum absolute atomic E-state index is 0.0156. The van der Waals surface area contributed by atoms with E-state index in [9.17, 15) is 9.59 Å². The highest BCUT2D eigenvalue weighted by atomic mass is 79.9. The smallest absolute Gasteiger partial charge is 0.355 e. The molecule has 1 fully saturated rings.